The number of benzene rings is 3. The van der Waals surface area contributed by atoms with Crippen LogP contribution in [0.1, 0.15) is 5.56 Å². The highest BCUT2D eigenvalue weighted by Crippen LogP contribution is 2.41. The van der Waals surface area contributed by atoms with E-state index in [9.17, 15) is 40.5 Å². The number of ether oxygens (including phenoxy) is 1. The van der Waals surface area contributed by atoms with Crippen LogP contribution in [0, 0.1) is 21.7 Å². The van der Waals surface area contributed by atoms with Gasteiger partial charge >= 0.3 is 6.18 Å². The fraction of sp³-hybridized carbons (Fsp3) is 0.0526. The van der Waals surface area contributed by atoms with Gasteiger partial charge in [0.2, 0.25) is 0 Å². The Hall–Kier alpha value is -3.45. The third kappa shape index (κ3) is 5.49. The minimum absolute atomic E-state index is 0.277. The molecule has 0 aliphatic heterocycles. The van der Waals surface area contributed by atoms with Crippen LogP contribution in [0.4, 0.5) is 33.3 Å². The van der Waals surface area contributed by atoms with E-state index in [1.807, 2.05) is 4.72 Å². The Morgan fingerprint density at radius 2 is 1.64 bits per heavy atom. The summed E-state index contributed by atoms with van der Waals surface area (Å²) in [5.74, 6) is -3.17. The molecule has 0 amide bonds. The first-order valence-corrected chi connectivity index (χ1v) is 10.4. The van der Waals surface area contributed by atoms with Gasteiger partial charge in [-0.1, -0.05) is 11.6 Å². The SMILES string of the molecule is O=[N+]([O-])c1ccc(Oc2ccc(S(=O)(=O)Nc3cc(F)ccc3F)cc2Cl)c(C(F)(F)F)c1. The van der Waals surface area contributed by atoms with Gasteiger partial charge in [0.1, 0.15) is 28.7 Å². The zero-order chi connectivity index (χ0) is 24.6. The summed E-state index contributed by atoms with van der Waals surface area (Å²) in [7, 11) is -4.46. The molecule has 1 N–H and O–H groups in total. The summed E-state index contributed by atoms with van der Waals surface area (Å²) in [4.78, 5) is 9.24. The summed E-state index contributed by atoms with van der Waals surface area (Å²) in [6, 6.07) is 6.53. The summed E-state index contributed by atoms with van der Waals surface area (Å²) in [5, 5.41) is 10.3. The van der Waals surface area contributed by atoms with Crippen molar-refractivity contribution in [3.05, 3.63) is 86.9 Å². The molecule has 174 valence electrons. The molecular weight excluding hydrogens is 499 g/mol. The fourth-order valence-electron chi connectivity index (χ4n) is 2.57. The van der Waals surface area contributed by atoms with E-state index >= 15 is 0 Å². The molecule has 0 saturated heterocycles. The smallest absolute Gasteiger partial charge is 0.420 e. The van der Waals surface area contributed by atoms with Gasteiger partial charge in [0.25, 0.3) is 15.7 Å². The molecule has 0 atom stereocenters. The Kier molecular flexibility index (Phi) is 6.47. The fourth-order valence-corrected chi connectivity index (χ4v) is 3.94. The van der Waals surface area contributed by atoms with E-state index in [0.29, 0.717) is 12.1 Å². The molecule has 0 aromatic heterocycles. The van der Waals surface area contributed by atoms with Crippen molar-refractivity contribution in [3.63, 3.8) is 0 Å². The van der Waals surface area contributed by atoms with Crippen LogP contribution in [0.2, 0.25) is 5.02 Å². The quantitative estimate of drug-likeness (QED) is 0.245. The van der Waals surface area contributed by atoms with Crippen molar-refractivity contribution in [1.82, 2.24) is 0 Å². The molecular formula is C19H10ClF5N2O5S. The summed E-state index contributed by atoms with van der Waals surface area (Å²) in [5.41, 5.74) is -2.95. The van der Waals surface area contributed by atoms with Crippen molar-refractivity contribution < 1.29 is 40.0 Å². The number of hydrogen-bond donors (Lipinski definition) is 1. The van der Waals surface area contributed by atoms with Gasteiger partial charge in [-0.3, -0.25) is 14.8 Å². The van der Waals surface area contributed by atoms with Gasteiger partial charge in [0.15, 0.2) is 0 Å². The van der Waals surface area contributed by atoms with Crippen LogP contribution in [0.25, 0.3) is 0 Å². The predicted octanol–water partition coefficient (Wildman–Crippen LogP) is 6.14. The summed E-state index contributed by atoms with van der Waals surface area (Å²) < 4.78 is 98.8. The molecule has 3 rings (SSSR count). The van der Waals surface area contributed by atoms with Crippen LogP contribution < -0.4 is 9.46 Å². The second-order valence-corrected chi connectivity index (χ2v) is 8.45. The van der Waals surface area contributed by atoms with Gasteiger partial charge in [0.05, 0.1) is 20.5 Å². The first-order valence-electron chi connectivity index (χ1n) is 8.59. The minimum atomic E-state index is -5.00. The second kappa shape index (κ2) is 8.83. The van der Waals surface area contributed by atoms with E-state index in [2.05, 4.69) is 0 Å². The Labute approximate surface area is 187 Å². The predicted molar refractivity (Wildman–Crippen MR) is 107 cm³/mol. The number of sulfonamides is 1. The number of hydrogen-bond acceptors (Lipinski definition) is 5. The summed E-state index contributed by atoms with van der Waals surface area (Å²) in [6.45, 7) is 0. The zero-order valence-corrected chi connectivity index (χ0v) is 17.4. The third-order valence-electron chi connectivity index (χ3n) is 4.09. The molecule has 7 nitrogen and oxygen atoms in total. The van der Waals surface area contributed by atoms with Crippen molar-refractivity contribution >= 4 is 33.0 Å². The molecule has 0 saturated carbocycles. The third-order valence-corrected chi connectivity index (χ3v) is 5.74. The monoisotopic (exact) mass is 508 g/mol. The highest BCUT2D eigenvalue weighted by Gasteiger charge is 2.36. The zero-order valence-electron chi connectivity index (χ0n) is 15.9. The Bertz CT molecular complexity index is 1350. The molecule has 0 heterocycles. The summed E-state index contributed by atoms with van der Waals surface area (Å²) in [6.07, 6.45) is -5.00. The molecule has 0 radical (unpaired) electrons. The van der Waals surface area contributed by atoms with Crippen molar-refractivity contribution in [2.75, 3.05) is 4.72 Å². The average molecular weight is 509 g/mol. The molecule has 0 spiro atoms. The van der Waals surface area contributed by atoms with Crippen LogP contribution in [0.3, 0.4) is 0 Å². The first kappa shape index (κ1) is 24.2. The number of non-ortho nitro benzene ring substituents is 1. The van der Waals surface area contributed by atoms with Crippen molar-refractivity contribution in [1.29, 1.82) is 0 Å². The number of rotatable bonds is 6. The lowest BCUT2D eigenvalue weighted by atomic mass is 10.1. The molecule has 0 fully saturated rings. The number of nitro groups is 1. The Morgan fingerprint density at radius 1 is 0.970 bits per heavy atom. The largest absolute Gasteiger partial charge is 0.455 e. The van der Waals surface area contributed by atoms with E-state index in [4.69, 9.17) is 16.3 Å². The van der Waals surface area contributed by atoms with E-state index in [1.54, 1.807) is 0 Å². The Morgan fingerprint density at radius 3 is 2.24 bits per heavy atom. The van der Waals surface area contributed by atoms with Crippen LogP contribution in [0.15, 0.2) is 59.5 Å². The number of halogens is 6. The maximum Gasteiger partial charge on any atom is 0.420 e. The topological polar surface area (TPSA) is 98.5 Å². The lowest BCUT2D eigenvalue weighted by Gasteiger charge is -2.15. The van der Waals surface area contributed by atoms with Gasteiger partial charge in [-0.15, -0.1) is 0 Å². The van der Waals surface area contributed by atoms with E-state index in [-0.39, 0.29) is 6.07 Å². The number of nitrogens with zero attached hydrogens (tertiary/aromatic N) is 1. The van der Waals surface area contributed by atoms with E-state index < -0.39 is 71.1 Å². The van der Waals surface area contributed by atoms with Crippen molar-refractivity contribution in [2.24, 2.45) is 0 Å². The van der Waals surface area contributed by atoms with Crippen molar-refractivity contribution in [3.8, 4) is 11.5 Å². The Balaban J connectivity index is 1.93. The van der Waals surface area contributed by atoms with Crippen LogP contribution in [-0.4, -0.2) is 13.3 Å². The molecule has 14 heteroatoms. The van der Waals surface area contributed by atoms with Crippen LogP contribution >= 0.6 is 11.6 Å². The molecule has 33 heavy (non-hydrogen) atoms. The van der Waals surface area contributed by atoms with Gasteiger partial charge < -0.3 is 4.74 Å². The molecule has 3 aromatic carbocycles. The number of anilines is 1. The van der Waals surface area contributed by atoms with Gasteiger partial charge in [-0.2, -0.15) is 13.2 Å². The molecule has 3 aromatic rings. The minimum Gasteiger partial charge on any atom is -0.455 e. The van der Waals surface area contributed by atoms with Gasteiger partial charge in [-0.25, -0.2) is 17.2 Å². The highest BCUT2D eigenvalue weighted by atomic mass is 35.5. The standard InChI is InChI=1S/C19H10ClF5N2O5S/c20-14-9-12(33(30,31)26-16-7-10(21)1-4-15(16)22)3-6-18(14)32-17-5-2-11(27(28)29)8-13(17)19(23,24)25/h1-9,26H. The number of nitro benzene ring substituents is 1. The first-order chi connectivity index (χ1) is 15.3. The highest BCUT2D eigenvalue weighted by molar-refractivity contribution is 7.92. The van der Waals surface area contributed by atoms with E-state index in [0.717, 1.165) is 36.4 Å². The summed E-state index contributed by atoms with van der Waals surface area (Å²) >= 11 is 5.95. The van der Waals surface area contributed by atoms with E-state index in [1.165, 1.54) is 0 Å². The van der Waals surface area contributed by atoms with Gasteiger partial charge in [0, 0.05) is 18.2 Å². The molecule has 0 aliphatic rings. The number of alkyl halides is 3. The number of nitrogens with one attached hydrogen (secondary N) is 1. The van der Waals surface area contributed by atoms with Crippen LogP contribution in [-0.2, 0) is 16.2 Å². The lowest BCUT2D eigenvalue weighted by molar-refractivity contribution is -0.385. The second-order valence-electron chi connectivity index (χ2n) is 6.36. The average Bonchev–Trinajstić information content (AvgIpc) is 2.71. The maximum atomic E-state index is 13.7. The normalized spacial score (nSPS) is 11.8. The maximum absolute atomic E-state index is 13.7. The molecule has 0 bridgehead atoms. The molecule has 0 unspecified atom stereocenters. The van der Waals surface area contributed by atoms with Crippen LogP contribution in [0.5, 0.6) is 11.5 Å². The molecule has 0 aliphatic carbocycles. The van der Waals surface area contributed by atoms with Crippen molar-refractivity contribution in [2.45, 2.75) is 11.1 Å². The van der Waals surface area contributed by atoms with Gasteiger partial charge in [-0.05, 0) is 36.4 Å². The lowest BCUT2D eigenvalue weighted by Crippen LogP contribution is -2.14.